The molecule has 4 aromatic rings. The van der Waals surface area contributed by atoms with Gasteiger partial charge in [0.05, 0.1) is 6.42 Å². The van der Waals surface area contributed by atoms with Crippen LogP contribution in [0, 0.1) is 0 Å². The summed E-state index contributed by atoms with van der Waals surface area (Å²) in [5, 5.41) is 10.6. The maximum Gasteiger partial charge on any atom is 0.266 e. The van der Waals surface area contributed by atoms with E-state index in [1.807, 2.05) is 53.4 Å². The van der Waals surface area contributed by atoms with Gasteiger partial charge in [0.1, 0.15) is 5.69 Å². The molecule has 2 aliphatic rings. The van der Waals surface area contributed by atoms with E-state index in [0.29, 0.717) is 42.7 Å². The molecule has 0 bridgehead atoms. The lowest BCUT2D eigenvalue weighted by atomic mass is 9.96. The van der Waals surface area contributed by atoms with Gasteiger partial charge in [-0.25, -0.2) is 0 Å². The molecule has 8 heteroatoms. The van der Waals surface area contributed by atoms with Crippen molar-refractivity contribution in [2.75, 3.05) is 19.9 Å². The quantitative estimate of drug-likeness (QED) is 0.472. The van der Waals surface area contributed by atoms with Crippen molar-refractivity contribution in [1.82, 2.24) is 20.1 Å². The summed E-state index contributed by atoms with van der Waals surface area (Å²) < 4.78 is 16.8. The zero-order valence-corrected chi connectivity index (χ0v) is 17.9. The van der Waals surface area contributed by atoms with Crippen LogP contribution in [-0.4, -0.2) is 45.9 Å². The third kappa shape index (κ3) is 3.77. The van der Waals surface area contributed by atoms with Crippen LogP contribution < -0.4 is 9.47 Å². The van der Waals surface area contributed by atoms with E-state index in [1.54, 1.807) is 6.20 Å². The maximum absolute atomic E-state index is 12.8. The van der Waals surface area contributed by atoms with Gasteiger partial charge in [-0.2, -0.15) is 0 Å². The fourth-order valence-corrected chi connectivity index (χ4v) is 4.50. The number of amides is 1. The Morgan fingerprint density at radius 3 is 2.76 bits per heavy atom. The second-order valence-corrected chi connectivity index (χ2v) is 8.35. The maximum atomic E-state index is 12.8. The number of ether oxygens (including phenoxy) is 2. The van der Waals surface area contributed by atoms with Crippen molar-refractivity contribution in [3.8, 4) is 23.1 Å². The number of nitrogens with zero attached hydrogens (tertiary/aromatic N) is 4. The molecule has 0 saturated carbocycles. The number of pyridine rings is 1. The van der Waals surface area contributed by atoms with Crippen molar-refractivity contribution in [3.63, 3.8) is 0 Å². The summed E-state index contributed by atoms with van der Waals surface area (Å²) in [6.45, 7) is 1.56. The molecule has 0 spiro atoms. The Morgan fingerprint density at radius 1 is 1.00 bits per heavy atom. The zero-order valence-electron chi connectivity index (χ0n) is 17.9. The Bertz CT molecular complexity index is 1320. The molecule has 8 nitrogen and oxygen atoms in total. The highest BCUT2D eigenvalue weighted by Crippen LogP contribution is 2.34. The highest BCUT2D eigenvalue weighted by Gasteiger charge is 2.28. The van der Waals surface area contributed by atoms with Crippen molar-refractivity contribution < 1.29 is 18.7 Å². The van der Waals surface area contributed by atoms with Crippen LogP contribution >= 0.6 is 0 Å². The first-order valence-electron chi connectivity index (χ1n) is 11.1. The smallest absolute Gasteiger partial charge is 0.266 e. The van der Waals surface area contributed by atoms with E-state index in [-0.39, 0.29) is 18.6 Å². The van der Waals surface area contributed by atoms with Gasteiger partial charge in [0.25, 0.3) is 5.89 Å². The lowest BCUT2D eigenvalue weighted by Crippen LogP contribution is -2.38. The number of aromatic nitrogens is 3. The Balaban J connectivity index is 1.11. The summed E-state index contributed by atoms with van der Waals surface area (Å²) in [6, 6.07) is 15.6. The summed E-state index contributed by atoms with van der Waals surface area (Å²) in [4.78, 5) is 19.2. The number of carbonyl (C=O) groups is 1. The minimum atomic E-state index is 0.110. The third-order valence-electron chi connectivity index (χ3n) is 6.31. The van der Waals surface area contributed by atoms with Crippen LogP contribution in [0.4, 0.5) is 0 Å². The first kappa shape index (κ1) is 19.7. The molecule has 1 saturated heterocycles. The largest absolute Gasteiger partial charge is 0.454 e. The molecule has 2 aliphatic heterocycles. The predicted octanol–water partition coefficient (Wildman–Crippen LogP) is 3.96. The standard InChI is InChI=1S/C25H22N4O4/c30-22(14-16-5-6-20-21(13-16)32-15-31-20)29-11-8-18(9-12-29)24-27-28-25(33-24)23-19-4-2-1-3-17(19)7-10-26-23/h1-7,10,13,18H,8-9,11-12,14-15H2. The molecule has 2 aromatic carbocycles. The second kappa shape index (κ2) is 8.20. The highest BCUT2D eigenvalue weighted by molar-refractivity contribution is 5.92. The van der Waals surface area contributed by atoms with Gasteiger partial charge < -0.3 is 18.8 Å². The second-order valence-electron chi connectivity index (χ2n) is 8.35. The first-order chi connectivity index (χ1) is 16.2. The van der Waals surface area contributed by atoms with Gasteiger partial charge in [-0.05, 0) is 42.0 Å². The van der Waals surface area contributed by atoms with Gasteiger partial charge in [-0.3, -0.25) is 9.78 Å². The average Bonchev–Trinajstić information content (AvgIpc) is 3.53. The van der Waals surface area contributed by atoms with E-state index < -0.39 is 0 Å². The van der Waals surface area contributed by atoms with Crippen LogP contribution in [-0.2, 0) is 11.2 Å². The molecule has 4 heterocycles. The summed E-state index contributed by atoms with van der Waals surface area (Å²) in [6.07, 6.45) is 3.68. The number of hydrogen-bond donors (Lipinski definition) is 0. The zero-order chi connectivity index (χ0) is 22.2. The van der Waals surface area contributed by atoms with Crippen LogP contribution in [0.1, 0.15) is 30.2 Å². The molecular formula is C25H22N4O4. The monoisotopic (exact) mass is 442 g/mol. The number of piperidine rings is 1. The van der Waals surface area contributed by atoms with Gasteiger partial charge in [0.2, 0.25) is 18.6 Å². The summed E-state index contributed by atoms with van der Waals surface area (Å²) >= 11 is 0. The van der Waals surface area contributed by atoms with E-state index in [0.717, 1.165) is 34.9 Å². The lowest BCUT2D eigenvalue weighted by molar-refractivity contribution is -0.131. The molecule has 0 unspecified atom stereocenters. The molecule has 0 N–H and O–H groups in total. The van der Waals surface area contributed by atoms with Crippen molar-refractivity contribution in [1.29, 1.82) is 0 Å². The van der Waals surface area contributed by atoms with E-state index in [9.17, 15) is 4.79 Å². The third-order valence-corrected chi connectivity index (χ3v) is 6.31. The Kier molecular flexibility index (Phi) is 4.90. The van der Waals surface area contributed by atoms with E-state index >= 15 is 0 Å². The van der Waals surface area contributed by atoms with Gasteiger partial charge in [-0.1, -0.05) is 30.3 Å². The molecule has 1 amide bonds. The van der Waals surface area contributed by atoms with Gasteiger partial charge in [0, 0.05) is 30.6 Å². The molecule has 6 rings (SSSR count). The Hall–Kier alpha value is -3.94. The van der Waals surface area contributed by atoms with Crippen LogP contribution in [0.5, 0.6) is 11.5 Å². The Morgan fingerprint density at radius 2 is 1.85 bits per heavy atom. The molecule has 1 fully saturated rings. The van der Waals surface area contributed by atoms with Crippen molar-refractivity contribution >= 4 is 16.7 Å². The normalized spacial score (nSPS) is 15.8. The first-order valence-corrected chi connectivity index (χ1v) is 11.1. The fourth-order valence-electron chi connectivity index (χ4n) is 4.50. The number of benzene rings is 2. The molecule has 0 radical (unpaired) electrons. The molecule has 2 aromatic heterocycles. The molecule has 33 heavy (non-hydrogen) atoms. The van der Waals surface area contributed by atoms with E-state index in [4.69, 9.17) is 13.9 Å². The molecule has 0 aliphatic carbocycles. The van der Waals surface area contributed by atoms with Crippen molar-refractivity contribution in [3.05, 3.63) is 66.2 Å². The predicted molar refractivity (Wildman–Crippen MR) is 120 cm³/mol. The minimum absolute atomic E-state index is 0.110. The molecular weight excluding hydrogens is 420 g/mol. The summed E-state index contributed by atoms with van der Waals surface area (Å²) in [5.41, 5.74) is 1.62. The summed E-state index contributed by atoms with van der Waals surface area (Å²) in [7, 11) is 0. The number of hydrogen-bond acceptors (Lipinski definition) is 7. The van der Waals surface area contributed by atoms with Crippen LogP contribution in [0.3, 0.4) is 0 Å². The van der Waals surface area contributed by atoms with Crippen molar-refractivity contribution in [2.24, 2.45) is 0 Å². The van der Waals surface area contributed by atoms with Crippen LogP contribution in [0.15, 0.2) is 59.1 Å². The van der Waals surface area contributed by atoms with Gasteiger partial charge in [-0.15, -0.1) is 10.2 Å². The Labute approximate surface area is 190 Å². The lowest BCUT2D eigenvalue weighted by Gasteiger charge is -2.30. The van der Waals surface area contributed by atoms with Crippen LogP contribution in [0.25, 0.3) is 22.4 Å². The number of rotatable bonds is 4. The average molecular weight is 442 g/mol. The van der Waals surface area contributed by atoms with Gasteiger partial charge in [0.15, 0.2) is 11.5 Å². The fraction of sp³-hybridized carbons (Fsp3) is 0.280. The number of likely N-dealkylation sites (tertiary alicyclic amines) is 1. The van der Waals surface area contributed by atoms with Crippen LogP contribution in [0.2, 0.25) is 0 Å². The highest BCUT2D eigenvalue weighted by atomic mass is 16.7. The van der Waals surface area contributed by atoms with Crippen molar-refractivity contribution in [2.45, 2.75) is 25.2 Å². The number of carbonyl (C=O) groups excluding carboxylic acids is 1. The summed E-state index contributed by atoms with van der Waals surface area (Å²) in [5.74, 6) is 2.72. The SMILES string of the molecule is O=C(Cc1ccc2c(c1)OCO2)N1CCC(c2nnc(-c3nccc4ccccc34)o2)CC1. The van der Waals surface area contributed by atoms with E-state index in [2.05, 4.69) is 15.2 Å². The molecule has 0 atom stereocenters. The molecule has 166 valence electrons. The topological polar surface area (TPSA) is 90.6 Å². The van der Waals surface area contributed by atoms with E-state index in [1.165, 1.54) is 0 Å². The number of fused-ring (bicyclic) bond motifs is 2. The minimum Gasteiger partial charge on any atom is -0.454 e. The van der Waals surface area contributed by atoms with Gasteiger partial charge >= 0.3 is 0 Å².